The summed E-state index contributed by atoms with van der Waals surface area (Å²) < 4.78 is 13.8. The van der Waals surface area contributed by atoms with Crippen molar-refractivity contribution in [3.05, 3.63) is 24.0 Å². The van der Waals surface area contributed by atoms with Crippen molar-refractivity contribution in [3.63, 3.8) is 0 Å². The van der Waals surface area contributed by atoms with E-state index in [0.717, 1.165) is 28.4 Å². The maximum Gasteiger partial charge on any atom is 0.183 e. The number of fused-ring (bicyclic) bond motifs is 1. The quantitative estimate of drug-likeness (QED) is 0.888. The smallest absolute Gasteiger partial charge is 0.183 e. The zero-order valence-corrected chi connectivity index (χ0v) is 10.1. The Kier molecular flexibility index (Phi) is 3.36. The third-order valence-corrected chi connectivity index (χ3v) is 3.16. The summed E-state index contributed by atoms with van der Waals surface area (Å²) in [5.74, 6) is -0.212. The molecule has 0 amide bonds. The van der Waals surface area contributed by atoms with E-state index in [0.29, 0.717) is 0 Å². The first-order valence-corrected chi connectivity index (χ1v) is 5.91. The van der Waals surface area contributed by atoms with Crippen LogP contribution < -0.4 is 5.32 Å². The third-order valence-electron chi connectivity index (χ3n) is 2.19. The number of aromatic nitrogens is 1. The Balaban J connectivity index is 2.08. The number of hydrogen-bond acceptors (Lipinski definition) is 4. The second-order valence-corrected chi connectivity index (χ2v) is 4.89. The lowest BCUT2D eigenvalue weighted by atomic mass is 10.3. The van der Waals surface area contributed by atoms with Crippen LogP contribution in [0.2, 0.25) is 0 Å². The first kappa shape index (κ1) is 11.3. The van der Waals surface area contributed by atoms with Crippen LogP contribution in [0.3, 0.4) is 0 Å². The largest absolute Gasteiger partial charge is 0.360 e. The van der Waals surface area contributed by atoms with Gasteiger partial charge >= 0.3 is 0 Å². The van der Waals surface area contributed by atoms with E-state index < -0.39 is 0 Å². The Morgan fingerprint density at radius 3 is 3.00 bits per heavy atom. The van der Waals surface area contributed by atoms with Crippen LogP contribution in [-0.4, -0.2) is 37.1 Å². The van der Waals surface area contributed by atoms with E-state index in [2.05, 4.69) is 15.2 Å². The summed E-state index contributed by atoms with van der Waals surface area (Å²) in [6.45, 7) is 1.79. The molecule has 0 fully saturated rings. The lowest BCUT2D eigenvalue weighted by molar-refractivity contribution is 0.425. The maximum absolute atomic E-state index is 13.0. The number of nitrogens with one attached hydrogen (secondary N) is 1. The number of halogens is 1. The molecule has 0 radical (unpaired) electrons. The normalized spacial score (nSPS) is 11.2. The molecule has 5 heteroatoms. The van der Waals surface area contributed by atoms with Gasteiger partial charge in [0.15, 0.2) is 5.13 Å². The van der Waals surface area contributed by atoms with Gasteiger partial charge in [-0.1, -0.05) is 11.3 Å². The molecule has 0 bridgehead atoms. The Morgan fingerprint density at radius 1 is 1.44 bits per heavy atom. The molecular weight excluding hydrogens is 225 g/mol. The molecule has 2 rings (SSSR count). The minimum atomic E-state index is -0.212. The van der Waals surface area contributed by atoms with E-state index in [1.807, 2.05) is 14.1 Å². The molecule has 0 aliphatic carbocycles. The van der Waals surface area contributed by atoms with Crippen LogP contribution in [0.4, 0.5) is 9.52 Å². The van der Waals surface area contributed by atoms with Gasteiger partial charge in [0.05, 0.1) is 10.2 Å². The maximum atomic E-state index is 13.0. The lowest BCUT2D eigenvalue weighted by Gasteiger charge is -2.08. The number of nitrogens with zero attached hydrogens (tertiary/aromatic N) is 2. The van der Waals surface area contributed by atoms with Crippen molar-refractivity contribution in [2.24, 2.45) is 0 Å². The van der Waals surface area contributed by atoms with Crippen LogP contribution >= 0.6 is 11.3 Å². The number of rotatable bonds is 4. The Bertz CT molecular complexity index is 481. The van der Waals surface area contributed by atoms with Crippen molar-refractivity contribution in [2.75, 3.05) is 32.5 Å². The lowest BCUT2D eigenvalue weighted by Crippen LogP contribution is -2.20. The van der Waals surface area contributed by atoms with Crippen molar-refractivity contribution in [2.45, 2.75) is 0 Å². The standard InChI is InChI=1S/C11H14FN3S/c1-15(2)6-5-13-11-14-9-4-3-8(12)7-10(9)16-11/h3-4,7H,5-6H2,1-2H3,(H,13,14). The predicted octanol–water partition coefficient (Wildman–Crippen LogP) is 2.41. The highest BCUT2D eigenvalue weighted by atomic mass is 32.1. The van der Waals surface area contributed by atoms with Gasteiger partial charge in [-0.2, -0.15) is 0 Å². The first-order chi connectivity index (χ1) is 7.65. The summed E-state index contributed by atoms with van der Waals surface area (Å²) in [6, 6.07) is 4.66. The molecule has 2 aromatic rings. The molecule has 0 saturated carbocycles. The van der Waals surface area contributed by atoms with Gasteiger partial charge in [0, 0.05) is 13.1 Å². The highest BCUT2D eigenvalue weighted by molar-refractivity contribution is 7.22. The highest BCUT2D eigenvalue weighted by Crippen LogP contribution is 2.26. The van der Waals surface area contributed by atoms with Gasteiger partial charge in [-0.25, -0.2) is 9.37 Å². The van der Waals surface area contributed by atoms with Gasteiger partial charge in [-0.15, -0.1) is 0 Å². The van der Waals surface area contributed by atoms with E-state index >= 15 is 0 Å². The van der Waals surface area contributed by atoms with Crippen molar-refractivity contribution in [1.82, 2.24) is 9.88 Å². The molecule has 0 spiro atoms. The average Bonchev–Trinajstić information content (AvgIpc) is 2.58. The SMILES string of the molecule is CN(C)CCNc1nc2ccc(F)cc2s1. The van der Waals surface area contributed by atoms with Crippen molar-refractivity contribution in [3.8, 4) is 0 Å². The van der Waals surface area contributed by atoms with Crippen molar-refractivity contribution >= 4 is 26.7 Å². The molecule has 1 N–H and O–H groups in total. The number of anilines is 1. The number of benzene rings is 1. The van der Waals surface area contributed by atoms with Crippen LogP contribution in [0.15, 0.2) is 18.2 Å². The van der Waals surface area contributed by atoms with Gasteiger partial charge < -0.3 is 10.2 Å². The third kappa shape index (κ3) is 2.68. The molecule has 16 heavy (non-hydrogen) atoms. The molecular formula is C11H14FN3S. The van der Waals surface area contributed by atoms with E-state index in [1.54, 1.807) is 6.07 Å². The van der Waals surface area contributed by atoms with E-state index in [9.17, 15) is 4.39 Å². The Morgan fingerprint density at radius 2 is 2.25 bits per heavy atom. The average molecular weight is 239 g/mol. The topological polar surface area (TPSA) is 28.2 Å². The van der Waals surface area contributed by atoms with Gasteiger partial charge in [-0.3, -0.25) is 0 Å². The highest BCUT2D eigenvalue weighted by Gasteiger charge is 2.04. The summed E-state index contributed by atoms with van der Waals surface area (Å²) in [5, 5.41) is 4.08. The number of likely N-dealkylation sites (N-methyl/N-ethyl adjacent to an activating group) is 1. The van der Waals surface area contributed by atoms with Crippen LogP contribution in [0, 0.1) is 5.82 Å². The molecule has 86 valence electrons. The fourth-order valence-electron chi connectivity index (χ4n) is 1.36. The molecule has 1 aromatic heterocycles. The molecule has 0 aliphatic rings. The fraction of sp³-hybridized carbons (Fsp3) is 0.364. The minimum Gasteiger partial charge on any atom is -0.360 e. The molecule has 1 aromatic carbocycles. The number of hydrogen-bond donors (Lipinski definition) is 1. The van der Waals surface area contributed by atoms with E-state index in [4.69, 9.17) is 0 Å². The summed E-state index contributed by atoms with van der Waals surface area (Å²) >= 11 is 1.48. The van der Waals surface area contributed by atoms with Gasteiger partial charge in [0.25, 0.3) is 0 Å². The molecule has 0 atom stereocenters. The van der Waals surface area contributed by atoms with Crippen LogP contribution in [0.5, 0.6) is 0 Å². The van der Waals surface area contributed by atoms with Crippen LogP contribution in [-0.2, 0) is 0 Å². The van der Waals surface area contributed by atoms with E-state index in [-0.39, 0.29) is 5.82 Å². The van der Waals surface area contributed by atoms with Crippen molar-refractivity contribution in [1.29, 1.82) is 0 Å². The summed E-state index contributed by atoms with van der Waals surface area (Å²) in [7, 11) is 4.05. The Labute approximate surface area is 97.9 Å². The fourth-order valence-corrected chi connectivity index (χ4v) is 2.28. The predicted molar refractivity (Wildman–Crippen MR) is 66.6 cm³/mol. The number of thiazole rings is 1. The zero-order valence-electron chi connectivity index (χ0n) is 9.33. The van der Waals surface area contributed by atoms with Gasteiger partial charge in [-0.05, 0) is 32.3 Å². The molecule has 0 unspecified atom stereocenters. The Hall–Kier alpha value is -1.20. The summed E-state index contributed by atoms with van der Waals surface area (Å²) in [6.07, 6.45) is 0. The summed E-state index contributed by atoms with van der Waals surface area (Å²) in [5.41, 5.74) is 0.846. The molecule has 3 nitrogen and oxygen atoms in total. The first-order valence-electron chi connectivity index (χ1n) is 5.10. The van der Waals surface area contributed by atoms with E-state index in [1.165, 1.54) is 23.5 Å². The zero-order chi connectivity index (χ0) is 11.5. The second kappa shape index (κ2) is 4.76. The second-order valence-electron chi connectivity index (χ2n) is 3.86. The monoisotopic (exact) mass is 239 g/mol. The summed E-state index contributed by atoms with van der Waals surface area (Å²) in [4.78, 5) is 6.47. The minimum absolute atomic E-state index is 0.212. The van der Waals surface area contributed by atoms with Crippen LogP contribution in [0.25, 0.3) is 10.2 Å². The van der Waals surface area contributed by atoms with Gasteiger partial charge in [0.2, 0.25) is 0 Å². The molecule has 0 saturated heterocycles. The van der Waals surface area contributed by atoms with Gasteiger partial charge in [0.1, 0.15) is 5.82 Å². The molecule has 0 aliphatic heterocycles. The molecule has 1 heterocycles. The van der Waals surface area contributed by atoms with Crippen LogP contribution in [0.1, 0.15) is 0 Å². The van der Waals surface area contributed by atoms with Crippen molar-refractivity contribution < 1.29 is 4.39 Å².